The van der Waals surface area contributed by atoms with Crippen molar-refractivity contribution in [2.45, 2.75) is 19.3 Å². The van der Waals surface area contributed by atoms with Gasteiger partial charge in [-0.05, 0) is 36.3 Å². The number of methoxy groups -OCH3 is 1. The van der Waals surface area contributed by atoms with Gasteiger partial charge in [0.15, 0.2) is 11.6 Å². The van der Waals surface area contributed by atoms with E-state index in [1.165, 1.54) is 6.07 Å². The maximum Gasteiger partial charge on any atom is 0.341 e. The molecule has 0 saturated heterocycles. The highest BCUT2D eigenvalue weighted by Gasteiger charge is 2.50. The summed E-state index contributed by atoms with van der Waals surface area (Å²) in [6, 6.07) is 1.45. The number of ether oxygens (including phenoxy) is 1. The summed E-state index contributed by atoms with van der Waals surface area (Å²) in [5.41, 5.74) is 5.35. The number of esters is 1. The molecule has 0 bridgehead atoms. The number of phenols is 1. The van der Waals surface area contributed by atoms with E-state index in [2.05, 4.69) is 0 Å². The highest BCUT2D eigenvalue weighted by Crippen LogP contribution is 2.51. The van der Waals surface area contributed by atoms with Crippen LogP contribution in [0.5, 0.6) is 5.75 Å². The molecule has 0 spiro atoms. The first kappa shape index (κ1) is 22.4. The molecule has 0 fully saturated rings. The van der Waals surface area contributed by atoms with Crippen LogP contribution in [0.1, 0.15) is 39.1 Å². The van der Waals surface area contributed by atoms with E-state index in [1.54, 1.807) is 19.0 Å². The van der Waals surface area contributed by atoms with Gasteiger partial charge >= 0.3 is 5.97 Å². The monoisotopic (exact) mass is 456 g/mol. The Morgan fingerprint density at radius 2 is 1.82 bits per heavy atom. The van der Waals surface area contributed by atoms with Crippen molar-refractivity contribution in [2.24, 2.45) is 23.5 Å². The number of carbonyl (C=O) groups excluding carboxylic acids is 4. The molecule has 1 aromatic rings. The summed E-state index contributed by atoms with van der Waals surface area (Å²) >= 11 is 0. The van der Waals surface area contributed by atoms with Crippen LogP contribution in [0.15, 0.2) is 28.7 Å². The summed E-state index contributed by atoms with van der Waals surface area (Å²) in [5, 5.41) is 32.1. The molecular formula is C23H24N2O8. The van der Waals surface area contributed by atoms with Gasteiger partial charge < -0.3 is 30.7 Å². The lowest BCUT2D eigenvalue weighted by Crippen LogP contribution is -2.43. The van der Waals surface area contributed by atoms with Crippen molar-refractivity contribution >= 4 is 29.1 Å². The number of nitrogens with zero attached hydrogens (tertiary/aromatic N) is 1. The number of allylic oxidation sites excluding steroid dienone is 3. The lowest BCUT2D eigenvalue weighted by Gasteiger charge is -2.41. The molecule has 3 aliphatic rings. The van der Waals surface area contributed by atoms with Crippen LogP contribution in [0.3, 0.4) is 0 Å². The van der Waals surface area contributed by atoms with Crippen molar-refractivity contribution < 1.29 is 39.2 Å². The van der Waals surface area contributed by atoms with Gasteiger partial charge in [0, 0.05) is 31.8 Å². The number of hydrogen-bond acceptors (Lipinski definition) is 9. The Balaban J connectivity index is 1.91. The van der Waals surface area contributed by atoms with E-state index >= 15 is 0 Å². The average Bonchev–Trinajstić information content (AvgIpc) is 2.72. The number of carbonyl (C=O) groups is 4. The van der Waals surface area contributed by atoms with E-state index < -0.39 is 64.0 Å². The average molecular weight is 456 g/mol. The van der Waals surface area contributed by atoms with Gasteiger partial charge in [-0.2, -0.15) is 0 Å². The predicted octanol–water partition coefficient (Wildman–Crippen LogP) is 1.32. The molecule has 0 radical (unpaired) electrons. The van der Waals surface area contributed by atoms with Gasteiger partial charge in [0.2, 0.25) is 0 Å². The number of ketones is 2. The topological polar surface area (TPSA) is 167 Å². The zero-order chi connectivity index (χ0) is 24.4. The number of rotatable bonds is 3. The minimum Gasteiger partial charge on any atom is -0.511 e. The van der Waals surface area contributed by atoms with Crippen LogP contribution in [-0.4, -0.2) is 60.0 Å². The Morgan fingerprint density at radius 3 is 2.39 bits per heavy atom. The van der Waals surface area contributed by atoms with Crippen molar-refractivity contribution in [1.29, 1.82) is 0 Å². The standard InChI is InChI=1S/C23H24N2O8/c1-25(2)12-7-11(23(32)33-3)18(27)16-10(12)5-8-4-9-6-13(26)17(22(24)31)21(30)15(9)19(28)14(8)20(16)29/h7-9,15,26-28H,4-6H2,1-3H3,(H2,24,31). The fraction of sp³-hybridized carbons (Fsp3) is 0.391. The van der Waals surface area contributed by atoms with Gasteiger partial charge in [-0.15, -0.1) is 0 Å². The van der Waals surface area contributed by atoms with Gasteiger partial charge in [0.1, 0.15) is 28.4 Å². The van der Waals surface area contributed by atoms with Gasteiger partial charge in [0.25, 0.3) is 5.91 Å². The quantitative estimate of drug-likeness (QED) is 0.387. The van der Waals surface area contributed by atoms with Gasteiger partial charge in [-0.25, -0.2) is 4.79 Å². The van der Waals surface area contributed by atoms with Crippen LogP contribution >= 0.6 is 0 Å². The van der Waals surface area contributed by atoms with Crippen LogP contribution in [-0.2, 0) is 20.7 Å². The second kappa shape index (κ2) is 7.65. The molecule has 4 rings (SSSR count). The van der Waals surface area contributed by atoms with Crippen LogP contribution in [0.2, 0.25) is 0 Å². The summed E-state index contributed by atoms with van der Waals surface area (Å²) in [6.45, 7) is 0. The molecule has 33 heavy (non-hydrogen) atoms. The number of primary amides is 1. The van der Waals surface area contributed by atoms with E-state index in [0.717, 1.165) is 7.11 Å². The Morgan fingerprint density at radius 1 is 1.15 bits per heavy atom. The molecule has 5 N–H and O–H groups in total. The fourth-order valence-corrected chi connectivity index (χ4v) is 5.35. The normalized spacial score (nSPS) is 24.2. The Bertz CT molecular complexity index is 1190. The molecule has 0 saturated carbocycles. The minimum atomic E-state index is -1.19. The van der Waals surface area contributed by atoms with Crippen molar-refractivity contribution in [3.8, 4) is 5.75 Å². The smallest absolute Gasteiger partial charge is 0.341 e. The molecular weight excluding hydrogens is 432 g/mol. The summed E-state index contributed by atoms with van der Waals surface area (Å²) < 4.78 is 4.73. The SMILES string of the molecule is COC(=O)c1cc(N(C)C)c2c(c1O)C(=O)C1=C(O)C3C(=O)C(C(N)=O)=C(O)CC3CC1C2. The second-order valence-electron chi connectivity index (χ2n) is 8.79. The molecule has 3 atom stereocenters. The summed E-state index contributed by atoms with van der Waals surface area (Å²) in [5.74, 6) is -7.12. The fourth-order valence-electron chi connectivity index (χ4n) is 5.35. The van der Waals surface area contributed by atoms with Crippen molar-refractivity contribution in [2.75, 3.05) is 26.1 Å². The maximum atomic E-state index is 13.6. The first-order valence-electron chi connectivity index (χ1n) is 10.4. The Hall–Kier alpha value is -3.82. The summed E-state index contributed by atoms with van der Waals surface area (Å²) in [4.78, 5) is 52.1. The van der Waals surface area contributed by atoms with Crippen molar-refractivity contribution in [3.05, 3.63) is 45.4 Å². The van der Waals surface area contributed by atoms with E-state index in [9.17, 15) is 34.5 Å². The second-order valence-corrected chi connectivity index (χ2v) is 8.79. The molecule has 0 aliphatic heterocycles. The molecule has 3 unspecified atom stereocenters. The number of fused-ring (bicyclic) bond motifs is 3. The molecule has 1 aromatic carbocycles. The number of anilines is 1. The first-order valence-corrected chi connectivity index (χ1v) is 10.4. The maximum absolute atomic E-state index is 13.6. The number of nitrogens with two attached hydrogens (primary N) is 1. The Labute approximate surface area is 188 Å². The highest BCUT2D eigenvalue weighted by atomic mass is 16.5. The van der Waals surface area contributed by atoms with Crippen LogP contribution in [0.4, 0.5) is 5.69 Å². The molecule has 3 aliphatic carbocycles. The third-order valence-electron chi connectivity index (χ3n) is 6.75. The molecule has 10 heteroatoms. The van der Waals surface area contributed by atoms with Gasteiger partial charge in [0.05, 0.1) is 18.6 Å². The highest BCUT2D eigenvalue weighted by molar-refractivity contribution is 6.22. The Kier molecular flexibility index (Phi) is 5.18. The first-order chi connectivity index (χ1) is 15.5. The number of benzene rings is 1. The molecule has 0 heterocycles. The number of aliphatic hydroxyl groups is 2. The number of phenolic OH excluding ortho intramolecular Hbond substituents is 1. The van der Waals surface area contributed by atoms with Crippen molar-refractivity contribution in [3.63, 3.8) is 0 Å². The largest absolute Gasteiger partial charge is 0.511 e. The van der Waals surface area contributed by atoms with E-state index in [-0.39, 0.29) is 29.5 Å². The van der Waals surface area contributed by atoms with Gasteiger partial charge in [-0.1, -0.05) is 0 Å². The van der Waals surface area contributed by atoms with Crippen molar-refractivity contribution in [1.82, 2.24) is 0 Å². The van der Waals surface area contributed by atoms with E-state index in [1.807, 2.05) is 0 Å². The number of aliphatic hydroxyl groups excluding tert-OH is 2. The van der Waals surface area contributed by atoms with Crippen LogP contribution < -0.4 is 10.6 Å². The van der Waals surface area contributed by atoms with Gasteiger partial charge in [-0.3, -0.25) is 14.4 Å². The number of amides is 1. The van der Waals surface area contributed by atoms with Crippen LogP contribution in [0, 0.1) is 17.8 Å². The molecule has 1 amide bonds. The number of aromatic hydroxyl groups is 1. The molecule has 10 nitrogen and oxygen atoms in total. The van der Waals surface area contributed by atoms with E-state index in [0.29, 0.717) is 17.7 Å². The van der Waals surface area contributed by atoms with E-state index in [4.69, 9.17) is 10.5 Å². The predicted molar refractivity (Wildman–Crippen MR) is 115 cm³/mol. The summed E-state index contributed by atoms with van der Waals surface area (Å²) in [7, 11) is 4.61. The third kappa shape index (κ3) is 3.16. The summed E-state index contributed by atoms with van der Waals surface area (Å²) in [6.07, 6.45) is 0.521. The zero-order valence-electron chi connectivity index (χ0n) is 18.3. The zero-order valence-corrected chi connectivity index (χ0v) is 18.3. The minimum absolute atomic E-state index is 0.0311. The molecule has 0 aromatic heterocycles. The molecule has 174 valence electrons. The lowest BCUT2D eigenvalue weighted by atomic mass is 9.62. The lowest BCUT2D eigenvalue weighted by molar-refractivity contribution is -0.126. The third-order valence-corrected chi connectivity index (χ3v) is 6.75. The number of hydrogen-bond donors (Lipinski definition) is 4. The number of Topliss-reactive ketones (excluding diaryl/α,β-unsaturated/α-hetero) is 2. The van der Waals surface area contributed by atoms with Crippen LogP contribution in [0.25, 0.3) is 0 Å².